The van der Waals surface area contributed by atoms with Crippen molar-refractivity contribution in [2.24, 2.45) is 0 Å². The van der Waals surface area contributed by atoms with Gasteiger partial charge in [0.1, 0.15) is 11.9 Å². The summed E-state index contributed by atoms with van der Waals surface area (Å²) >= 11 is 0. The number of halogens is 1. The predicted octanol–water partition coefficient (Wildman–Crippen LogP) is 3.65. The SMILES string of the molecule is O=C(Cc1ccccc1F)N[C@@H](c1ccccc1)c1nnc(N2CCCCC2)o1. The van der Waals surface area contributed by atoms with Crippen molar-refractivity contribution >= 4 is 11.9 Å². The van der Waals surface area contributed by atoms with Crippen LogP contribution in [0.2, 0.25) is 0 Å². The number of piperidine rings is 1. The normalized spacial score (nSPS) is 15.1. The first-order valence-electron chi connectivity index (χ1n) is 9.87. The number of carbonyl (C=O) groups excluding carboxylic acids is 1. The molecule has 1 amide bonds. The molecule has 6 nitrogen and oxygen atoms in total. The number of anilines is 1. The molecule has 3 aromatic rings. The molecule has 2 heterocycles. The predicted molar refractivity (Wildman–Crippen MR) is 107 cm³/mol. The van der Waals surface area contributed by atoms with Crippen LogP contribution >= 0.6 is 0 Å². The van der Waals surface area contributed by atoms with Crippen LogP contribution in [0.4, 0.5) is 10.4 Å². The van der Waals surface area contributed by atoms with E-state index in [9.17, 15) is 9.18 Å². The second-order valence-electron chi connectivity index (χ2n) is 7.15. The Morgan fingerprint density at radius 1 is 1.03 bits per heavy atom. The van der Waals surface area contributed by atoms with Gasteiger partial charge < -0.3 is 14.6 Å². The largest absolute Gasteiger partial charge is 0.405 e. The molecule has 0 bridgehead atoms. The van der Waals surface area contributed by atoms with Crippen LogP contribution < -0.4 is 10.2 Å². The van der Waals surface area contributed by atoms with Crippen molar-refractivity contribution < 1.29 is 13.6 Å². The number of benzene rings is 2. The Morgan fingerprint density at radius 2 is 1.76 bits per heavy atom. The third-order valence-electron chi connectivity index (χ3n) is 5.05. The van der Waals surface area contributed by atoms with Gasteiger partial charge in [-0.1, -0.05) is 53.6 Å². The maximum absolute atomic E-state index is 13.9. The summed E-state index contributed by atoms with van der Waals surface area (Å²) in [5.74, 6) is -0.399. The van der Waals surface area contributed by atoms with Crippen LogP contribution in [0.1, 0.15) is 42.3 Å². The third kappa shape index (κ3) is 4.62. The van der Waals surface area contributed by atoms with Crippen LogP contribution in [0.3, 0.4) is 0 Å². The van der Waals surface area contributed by atoms with E-state index in [0.29, 0.717) is 17.5 Å². The second-order valence-corrected chi connectivity index (χ2v) is 7.15. The van der Waals surface area contributed by atoms with E-state index in [0.717, 1.165) is 31.5 Å². The van der Waals surface area contributed by atoms with Crippen molar-refractivity contribution in [1.29, 1.82) is 0 Å². The Bertz CT molecular complexity index is 954. The van der Waals surface area contributed by atoms with E-state index in [1.54, 1.807) is 18.2 Å². The lowest BCUT2D eigenvalue weighted by Crippen LogP contribution is -2.31. The molecule has 29 heavy (non-hydrogen) atoms. The maximum Gasteiger partial charge on any atom is 0.318 e. The fourth-order valence-corrected chi connectivity index (χ4v) is 3.52. The molecule has 0 aliphatic carbocycles. The van der Waals surface area contributed by atoms with E-state index in [2.05, 4.69) is 20.4 Å². The molecule has 1 aliphatic heterocycles. The van der Waals surface area contributed by atoms with Crippen molar-refractivity contribution in [3.05, 3.63) is 77.4 Å². The lowest BCUT2D eigenvalue weighted by Gasteiger charge is -2.24. The highest BCUT2D eigenvalue weighted by Gasteiger charge is 2.25. The van der Waals surface area contributed by atoms with Gasteiger partial charge in [0, 0.05) is 13.1 Å². The number of hydrogen-bond donors (Lipinski definition) is 1. The highest BCUT2D eigenvalue weighted by molar-refractivity contribution is 5.79. The minimum absolute atomic E-state index is 0.0663. The monoisotopic (exact) mass is 394 g/mol. The van der Waals surface area contributed by atoms with Gasteiger partial charge in [0.15, 0.2) is 0 Å². The smallest absolute Gasteiger partial charge is 0.318 e. The number of rotatable bonds is 6. The van der Waals surface area contributed by atoms with Crippen molar-refractivity contribution in [3.63, 3.8) is 0 Å². The van der Waals surface area contributed by atoms with E-state index < -0.39 is 11.9 Å². The average molecular weight is 394 g/mol. The van der Waals surface area contributed by atoms with E-state index in [1.165, 1.54) is 12.5 Å². The summed E-state index contributed by atoms with van der Waals surface area (Å²) in [6.07, 6.45) is 3.33. The second kappa shape index (κ2) is 8.86. The Balaban J connectivity index is 1.55. The molecule has 0 spiro atoms. The molecule has 0 unspecified atom stereocenters. The Hall–Kier alpha value is -3.22. The van der Waals surface area contributed by atoms with Gasteiger partial charge in [-0.15, -0.1) is 5.10 Å². The number of hydrogen-bond acceptors (Lipinski definition) is 5. The summed E-state index contributed by atoms with van der Waals surface area (Å²) in [6.45, 7) is 1.77. The molecule has 0 radical (unpaired) electrons. The molecule has 0 saturated carbocycles. The molecule has 1 atom stereocenters. The number of nitrogens with zero attached hydrogens (tertiary/aromatic N) is 3. The minimum Gasteiger partial charge on any atom is -0.405 e. The molecule has 1 saturated heterocycles. The number of amides is 1. The zero-order valence-electron chi connectivity index (χ0n) is 16.1. The zero-order valence-corrected chi connectivity index (χ0v) is 16.1. The first-order valence-corrected chi connectivity index (χ1v) is 9.87. The summed E-state index contributed by atoms with van der Waals surface area (Å²) < 4.78 is 19.8. The first-order chi connectivity index (χ1) is 14.2. The highest BCUT2D eigenvalue weighted by atomic mass is 19.1. The molecule has 1 aliphatic rings. The molecule has 7 heteroatoms. The highest BCUT2D eigenvalue weighted by Crippen LogP contribution is 2.25. The van der Waals surface area contributed by atoms with Crippen molar-refractivity contribution in [3.8, 4) is 0 Å². The molecule has 1 aromatic heterocycles. The van der Waals surface area contributed by atoms with E-state index >= 15 is 0 Å². The lowest BCUT2D eigenvalue weighted by atomic mass is 10.1. The minimum atomic E-state index is -0.596. The summed E-state index contributed by atoms with van der Waals surface area (Å²) in [5, 5.41) is 11.3. The number of carbonyl (C=O) groups is 1. The molecular formula is C22H23FN4O2. The Morgan fingerprint density at radius 3 is 2.52 bits per heavy atom. The third-order valence-corrected chi connectivity index (χ3v) is 5.05. The fourth-order valence-electron chi connectivity index (χ4n) is 3.52. The van der Waals surface area contributed by atoms with Gasteiger partial charge in [-0.25, -0.2) is 4.39 Å². The average Bonchev–Trinajstić information content (AvgIpc) is 3.25. The summed E-state index contributed by atoms with van der Waals surface area (Å²) in [5.41, 5.74) is 1.17. The quantitative estimate of drug-likeness (QED) is 0.691. The number of aromatic nitrogens is 2. The van der Waals surface area contributed by atoms with Gasteiger partial charge in [-0.05, 0) is 36.5 Å². The zero-order chi connectivity index (χ0) is 20.1. The molecule has 1 fully saturated rings. The van der Waals surface area contributed by atoms with Crippen LogP contribution in [0.5, 0.6) is 0 Å². The first kappa shape index (κ1) is 19.1. The maximum atomic E-state index is 13.9. The van der Waals surface area contributed by atoms with Gasteiger partial charge in [0.05, 0.1) is 6.42 Å². The van der Waals surface area contributed by atoms with Gasteiger partial charge >= 0.3 is 6.01 Å². The molecule has 150 valence electrons. The van der Waals surface area contributed by atoms with Crippen LogP contribution in [0.15, 0.2) is 59.0 Å². The van der Waals surface area contributed by atoms with E-state index in [4.69, 9.17) is 4.42 Å². The fraction of sp³-hybridized carbons (Fsp3) is 0.318. The van der Waals surface area contributed by atoms with Crippen molar-refractivity contribution in [2.45, 2.75) is 31.7 Å². The summed E-state index contributed by atoms with van der Waals surface area (Å²) in [6, 6.07) is 15.6. The van der Waals surface area contributed by atoms with Gasteiger partial charge in [-0.2, -0.15) is 0 Å². The Labute approximate surface area is 168 Å². The van der Waals surface area contributed by atoms with Crippen molar-refractivity contribution in [1.82, 2.24) is 15.5 Å². The van der Waals surface area contributed by atoms with Gasteiger partial charge in [0.2, 0.25) is 11.8 Å². The van der Waals surface area contributed by atoms with Crippen LogP contribution in [-0.2, 0) is 11.2 Å². The molecule has 2 aromatic carbocycles. The van der Waals surface area contributed by atoms with Crippen LogP contribution in [-0.4, -0.2) is 29.2 Å². The Kier molecular flexibility index (Phi) is 5.84. The lowest BCUT2D eigenvalue weighted by molar-refractivity contribution is -0.121. The number of nitrogens with one attached hydrogen (secondary N) is 1. The van der Waals surface area contributed by atoms with E-state index in [-0.39, 0.29) is 12.3 Å². The van der Waals surface area contributed by atoms with Crippen molar-refractivity contribution in [2.75, 3.05) is 18.0 Å². The molecular weight excluding hydrogens is 371 g/mol. The topological polar surface area (TPSA) is 71.3 Å². The summed E-state index contributed by atoms with van der Waals surface area (Å²) in [4.78, 5) is 14.7. The molecule has 1 N–H and O–H groups in total. The van der Waals surface area contributed by atoms with Crippen LogP contribution in [0.25, 0.3) is 0 Å². The van der Waals surface area contributed by atoms with Crippen LogP contribution in [0, 0.1) is 5.82 Å². The molecule has 4 rings (SSSR count). The summed E-state index contributed by atoms with van der Waals surface area (Å²) in [7, 11) is 0. The standard InChI is InChI=1S/C22H23FN4O2/c23-18-12-6-5-11-17(18)15-19(28)24-20(16-9-3-1-4-10-16)21-25-26-22(29-21)27-13-7-2-8-14-27/h1,3-6,9-12,20H,2,7-8,13-15H2,(H,24,28)/t20-/m0/s1. The van der Waals surface area contributed by atoms with E-state index in [1.807, 2.05) is 30.3 Å². The van der Waals surface area contributed by atoms with Gasteiger partial charge in [-0.3, -0.25) is 4.79 Å². The van der Waals surface area contributed by atoms with Gasteiger partial charge in [0.25, 0.3) is 0 Å².